The monoisotopic (exact) mass is 540 g/mol. The molecule has 0 aromatic heterocycles. The summed E-state index contributed by atoms with van der Waals surface area (Å²) in [7, 11) is 4.92. The fraction of sp³-hybridized carbons (Fsp3) is 0.826. The van der Waals surface area contributed by atoms with Gasteiger partial charge in [-0.15, -0.1) is 0 Å². The van der Waals surface area contributed by atoms with Crippen LogP contribution >= 0.6 is 0 Å². The Morgan fingerprint density at radius 2 is 0.730 bits per heavy atom. The van der Waals surface area contributed by atoms with E-state index in [1.54, 1.807) is 0 Å². The van der Waals surface area contributed by atoms with E-state index in [4.69, 9.17) is 40.9 Å². The molecule has 2 aliphatic rings. The molecule has 2 aliphatic heterocycles. The summed E-state index contributed by atoms with van der Waals surface area (Å²) in [6.45, 7) is 8.62. The van der Waals surface area contributed by atoms with Gasteiger partial charge in [-0.3, -0.25) is 0 Å². The number of aliphatic hydroxyl groups is 4. The lowest BCUT2D eigenvalue weighted by atomic mass is 10.2. The third kappa shape index (κ3) is 13.7. The first-order valence-corrected chi connectivity index (χ1v) is 12.4. The molecular weight excluding hydrogens is 496 g/mol. The fourth-order valence-electron chi connectivity index (χ4n) is 4.35. The summed E-state index contributed by atoms with van der Waals surface area (Å²) in [5, 5.41) is 65.1. The van der Waals surface area contributed by atoms with Crippen LogP contribution in [-0.2, 0) is 19.2 Å². The van der Waals surface area contributed by atoms with E-state index < -0.39 is 48.3 Å². The molecule has 0 bridgehead atoms. The molecule has 0 radical (unpaired) electrons. The largest absolute Gasteiger partial charge is 0.479 e. The summed E-state index contributed by atoms with van der Waals surface area (Å²) in [6.07, 6.45) is 1.16. The zero-order valence-corrected chi connectivity index (χ0v) is 21.6. The summed E-state index contributed by atoms with van der Waals surface area (Å²) in [6, 6.07) is 0. The Morgan fingerprint density at radius 1 is 0.514 bits per heavy atom. The van der Waals surface area contributed by atoms with E-state index in [9.17, 15) is 19.2 Å². The highest BCUT2D eigenvalue weighted by Crippen LogP contribution is 2.20. The van der Waals surface area contributed by atoms with E-state index in [0.717, 1.165) is 0 Å². The Kier molecular flexibility index (Phi) is 15.4. The number of carboxylic acids is 4. The smallest absolute Gasteiger partial charge is 0.335 e. The molecule has 2 heterocycles. The van der Waals surface area contributed by atoms with Crippen LogP contribution in [0.4, 0.5) is 0 Å². The molecule has 37 heavy (non-hydrogen) atoms. The molecule has 4 atom stereocenters. The number of likely N-dealkylation sites (tertiary alicyclic amines) is 2. The van der Waals surface area contributed by atoms with Crippen molar-refractivity contribution in [1.29, 1.82) is 0 Å². The van der Waals surface area contributed by atoms with E-state index in [1.165, 1.54) is 93.2 Å². The summed E-state index contributed by atoms with van der Waals surface area (Å²) in [5.74, 6) is -7.07. The first-order valence-electron chi connectivity index (χ1n) is 12.4. The van der Waals surface area contributed by atoms with Crippen molar-refractivity contribution >= 4 is 23.9 Å². The molecule has 2 fully saturated rings. The van der Waals surface area contributed by atoms with Crippen LogP contribution in [0.3, 0.4) is 0 Å². The summed E-state index contributed by atoms with van der Waals surface area (Å²) in [4.78, 5) is 39.1. The van der Waals surface area contributed by atoms with Crippen molar-refractivity contribution < 1.29 is 69.0 Å². The van der Waals surface area contributed by atoms with E-state index in [-0.39, 0.29) is 0 Å². The average Bonchev–Trinajstić information content (AvgIpc) is 3.46. The van der Waals surface area contributed by atoms with Gasteiger partial charge in [0.25, 0.3) is 0 Å². The van der Waals surface area contributed by atoms with Gasteiger partial charge in [0.1, 0.15) is 0 Å². The van der Waals surface area contributed by atoms with E-state index in [0.29, 0.717) is 0 Å². The molecule has 14 nitrogen and oxygen atoms in total. The Morgan fingerprint density at radius 3 is 0.919 bits per heavy atom. The number of unbranched alkanes of at least 4 members (excludes halogenated alkanes) is 2. The van der Waals surface area contributed by atoms with Crippen molar-refractivity contribution in [1.82, 2.24) is 0 Å². The molecule has 0 aromatic carbocycles. The number of hydrogen-bond donors (Lipinski definition) is 8. The van der Waals surface area contributed by atoms with Gasteiger partial charge in [0.15, 0.2) is 24.4 Å². The number of aliphatic hydroxyl groups excluding tert-OH is 4. The molecule has 14 heteroatoms. The highest BCUT2D eigenvalue weighted by molar-refractivity contribution is 5.83. The number of hydrogen-bond acceptors (Lipinski definition) is 8. The Bertz CT molecular complexity index is 639. The van der Waals surface area contributed by atoms with Gasteiger partial charge in [-0.2, -0.15) is 0 Å². The molecule has 0 amide bonds. The van der Waals surface area contributed by atoms with Crippen molar-refractivity contribution in [3.05, 3.63) is 0 Å². The standard InChI is InChI=1S/C15H32N2.2C4H6O6/c1-16(12-6-7-13-16)10-4-3-5-11-17(2)14-8-9-15-17;2*5-1(3(7)8)2(6)4(9)10/h3-15H2,1-2H3;2*1-2,5-6H,(H,7,8)(H,9,10)/q+2;;/t;2*1-,2-/m.11/s1. The van der Waals surface area contributed by atoms with E-state index >= 15 is 0 Å². The quantitative estimate of drug-likeness (QED) is 0.103. The van der Waals surface area contributed by atoms with Gasteiger partial charge in [-0.1, -0.05) is 0 Å². The lowest BCUT2D eigenvalue weighted by Crippen LogP contribution is -2.42. The van der Waals surface area contributed by atoms with Crippen LogP contribution in [0.15, 0.2) is 0 Å². The molecule has 2 saturated heterocycles. The Balaban J connectivity index is 0.000000564. The third-order valence-electron chi connectivity index (χ3n) is 6.80. The van der Waals surface area contributed by atoms with Gasteiger partial charge >= 0.3 is 23.9 Å². The number of quaternary nitrogens is 2. The minimum Gasteiger partial charge on any atom is -0.479 e. The first kappa shape index (κ1) is 34.6. The predicted octanol–water partition coefficient (Wildman–Crippen LogP) is -1.61. The lowest BCUT2D eigenvalue weighted by Gasteiger charge is -2.30. The van der Waals surface area contributed by atoms with Gasteiger partial charge in [-0.05, 0) is 19.3 Å². The van der Waals surface area contributed by atoms with Gasteiger partial charge in [-0.25, -0.2) is 19.2 Å². The molecule has 0 aromatic rings. The average molecular weight is 541 g/mol. The summed E-state index contributed by atoms with van der Waals surface area (Å²) >= 11 is 0. The van der Waals surface area contributed by atoms with Crippen LogP contribution in [0.2, 0.25) is 0 Å². The normalized spacial score (nSPS) is 20.7. The first-order chi connectivity index (χ1) is 17.0. The van der Waals surface area contributed by atoms with Crippen LogP contribution in [0.5, 0.6) is 0 Å². The topological polar surface area (TPSA) is 230 Å². The minimum absolute atomic E-state index is 1.37. The van der Waals surface area contributed by atoms with Gasteiger partial charge in [0.05, 0.1) is 53.4 Å². The second kappa shape index (κ2) is 16.5. The molecule has 0 aliphatic carbocycles. The highest BCUT2D eigenvalue weighted by Gasteiger charge is 2.30. The van der Waals surface area contributed by atoms with Crippen molar-refractivity contribution in [3.8, 4) is 0 Å². The molecule has 216 valence electrons. The van der Waals surface area contributed by atoms with Crippen LogP contribution < -0.4 is 0 Å². The van der Waals surface area contributed by atoms with Crippen molar-refractivity contribution in [3.63, 3.8) is 0 Å². The third-order valence-corrected chi connectivity index (χ3v) is 6.80. The zero-order chi connectivity index (χ0) is 28.8. The molecule has 0 saturated carbocycles. The SMILES string of the molecule is C[N+]1(CCCCC[N+]2(C)CCCC2)CCCC1.O=C(O)[C@H](O)[C@@H](O)C(=O)O.O=C(O)[C@H](O)[C@@H](O)C(=O)O. The Labute approximate surface area is 216 Å². The van der Waals surface area contributed by atoms with Crippen molar-refractivity contribution in [2.45, 2.75) is 69.4 Å². The lowest BCUT2D eigenvalue weighted by molar-refractivity contribution is -0.899. The predicted molar refractivity (Wildman–Crippen MR) is 128 cm³/mol. The number of carbonyl (C=O) groups is 4. The fourth-order valence-corrected chi connectivity index (χ4v) is 4.35. The van der Waals surface area contributed by atoms with Crippen LogP contribution in [0, 0.1) is 0 Å². The second-order valence-electron chi connectivity index (χ2n) is 10.2. The maximum Gasteiger partial charge on any atom is 0.335 e. The maximum absolute atomic E-state index is 9.77. The maximum atomic E-state index is 9.77. The van der Waals surface area contributed by atoms with Crippen LogP contribution in [-0.4, -0.2) is 151 Å². The van der Waals surface area contributed by atoms with Gasteiger partial charge in [0, 0.05) is 25.7 Å². The van der Waals surface area contributed by atoms with Gasteiger partial charge < -0.3 is 49.8 Å². The molecule has 0 unspecified atom stereocenters. The highest BCUT2D eigenvalue weighted by atomic mass is 16.4. The molecule has 8 N–H and O–H groups in total. The number of carboxylic acid groups (broad SMARTS) is 4. The van der Waals surface area contributed by atoms with E-state index in [2.05, 4.69) is 14.1 Å². The van der Waals surface area contributed by atoms with Gasteiger partial charge in [0.2, 0.25) is 0 Å². The van der Waals surface area contributed by atoms with Crippen molar-refractivity contribution in [2.24, 2.45) is 0 Å². The minimum atomic E-state index is -2.27. The van der Waals surface area contributed by atoms with Crippen LogP contribution in [0.1, 0.15) is 44.9 Å². The zero-order valence-electron chi connectivity index (χ0n) is 21.6. The second-order valence-corrected chi connectivity index (χ2v) is 10.2. The molecule has 0 spiro atoms. The number of rotatable bonds is 12. The van der Waals surface area contributed by atoms with E-state index in [1.807, 2.05) is 0 Å². The Hall–Kier alpha value is -2.36. The number of nitrogens with zero attached hydrogens (tertiary/aromatic N) is 2. The van der Waals surface area contributed by atoms with Crippen molar-refractivity contribution in [2.75, 3.05) is 53.4 Å². The molecular formula is C23H44N2O12+2. The summed E-state index contributed by atoms with van der Waals surface area (Å²) in [5.41, 5.74) is 0. The summed E-state index contributed by atoms with van der Waals surface area (Å²) < 4.78 is 2.73. The van der Waals surface area contributed by atoms with Crippen LogP contribution in [0.25, 0.3) is 0 Å². The number of aliphatic carboxylic acids is 4. The molecule has 2 rings (SSSR count).